The lowest BCUT2D eigenvalue weighted by molar-refractivity contribution is 0.222. The number of hydrogen-bond acceptors (Lipinski definition) is 3. The van der Waals surface area contributed by atoms with E-state index in [1.807, 2.05) is 11.8 Å². The molecular weight excluding hydrogens is 222 g/mol. The maximum atomic E-state index is 11.8. The van der Waals surface area contributed by atoms with Crippen LogP contribution in [-0.2, 0) is 6.42 Å². The molecule has 1 aliphatic rings. The molecule has 88 valence electrons. The highest BCUT2D eigenvalue weighted by molar-refractivity contribution is 7.15. The summed E-state index contributed by atoms with van der Waals surface area (Å²) >= 11 is 1.58. The lowest BCUT2D eigenvalue weighted by Gasteiger charge is -2.14. The molecule has 1 saturated heterocycles. The number of aromatic nitrogens is 1. The molecule has 0 saturated carbocycles. The van der Waals surface area contributed by atoms with Gasteiger partial charge in [-0.05, 0) is 26.2 Å². The largest absolute Gasteiger partial charge is 0.324 e. The van der Waals surface area contributed by atoms with Crippen LogP contribution in [-0.4, -0.2) is 29.0 Å². The van der Waals surface area contributed by atoms with E-state index in [0.717, 1.165) is 43.2 Å². The van der Waals surface area contributed by atoms with Crippen LogP contribution in [0.2, 0.25) is 0 Å². The normalized spacial score (nSPS) is 15.5. The lowest BCUT2D eigenvalue weighted by Crippen LogP contribution is -2.32. The van der Waals surface area contributed by atoms with Crippen LogP contribution in [0, 0.1) is 6.92 Å². The summed E-state index contributed by atoms with van der Waals surface area (Å²) in [5.74, 6) is 0. The second-order valence-electron chi connectivity index (χ2n) is 4.01. The monoisotopic (exact) mass is 239 g/mol. The van der Waals surface area contributed by atoms with Crippen LogP contribution in [0.25, 0.3) is 0 Å². The van der Waals surface area contributed by atoms with Crippen LogP contribution in [0.5, 0.6) is 0 Å². The summed E-state index contributed by atoms with van der Waals surface area (Å²) in [5.41, 5.74) is 1.03. The Balaban J connectivity index is 1.99. The quantitative estimate of drug-likeness (QED) is 0.862. The number of carbonyl (C=O) groups excluding carboxylic acids is 1. The molecule has 0 bridgehead atoms. The molecule has 0 atom stereocenters. The number of anilines is 1. The zero-order chi connectivity index (χ0) is 11.5. The number of urea groups is 1. The van der Waals surface area contributed by atoms with Crippen molar-refractivity contribution >= 4 is 22.5 Å². The topological polar surface area (TPSA) is 45.2 Å². The zero-order valence-electron chi connectivity index (χ0n) is 9.75. The maximum absolute atomic E-state index is 11.8. The highest BCUT2D eigenvalue weighted by atomic mass is 32.1. The van der Waals surface area contributed by atoms with Gasteiger partial charge in [-0.1, -0.05) is 6.92 Å². The van der Waals surface area contributed by atoms with E-state index in [4.69, 9.17) is 0 Å². The number of thiazole rings is 1. The van der Waals surface area contributed by atoms with Crippen molar-refractivity contribution < 1.29 is 4.79 Å². The van der Waals surface area contributed by atoms with Crippen LogP contribution >= 0.6 is 11.3 Å². The fraction of sp³-hybridized carbons (Fsp3) is 0.636. The van der Waals surface area contributed by atoms with Crippen molar-refractivity contribution in [3.63, 3.8) is 0 Å². The highest BCUT2D eigenvalue weighted by Crippen LogP contribution is 2.23. The number of nitrogens with one attached hydrogen (secondary N) is 1. The summed E-state index contributed by atoms with van der Waals surface area (Å²) in [6, 6.07) is -0.00565. The Morgan fingerprint density at radius 1 is 1.50 bits per heavy atom. The predicted molar refractivity (Wildman–Crippen MR) is 66.1 cm³/mol. The van der Waals surface area contributed by atoms with E-state index in [0.29, 0.717) is 0 Å². The Bertz CT molecular complexity index is 383. The minimum Gasteiger partial charge on any atom is -0.324 e. The van der Waals surface area contributed by atoms with E-state index in [1.165, 1.54) is 4.88 Å². The van der Waals surface area contributed by atoms with Crippen molar-refractivity contribution in [2.24, 2.45) is 0 Å². The first-order chi connectivity index (χ1) is 7.70. The second kappa shape index (κ2) is 4.82. The third-order valence-electron chi connectivity index (χ3n) is 2.82. The Hall–Kier alpha value is -1.10. The molecule has 1 aromatic heterocycles. The molecule has 0 radical (unpaired) electrons. The van der Waals surface area contributed by atoms with Crippen molar-refractivity contribution in [1.29, 1.82) is 0 Å². The van der Waals surface area contributed by atoms with Gasteiger partial charge in [0.1, 0.15) is 0 Å². The molecule has 2 heterocycles. The smallest absolute Gasteiger partial charge is 0.323 e. The van der Waals surface area contributed by atoms with E-state index in [2.05, 4.69) is 17.2 Å². The minimum absolute atomic E-state index is 0.00565. The third kappa shape index (κ3) is 2.35. The summed E-state index contributed by atoms with van der Waals surface area (Å²) in [7, 11) is 0. The molecule has 2 amide bonds. The van der Waals surface area contributed by atoms with Crippen LogP contribution in [0.3, 0.4) is 0 Å². The molecule has 0 unspecified atom stereocenters. The van der Waals surface area contributed by atoms with Gasteiger partial charge in [-0.2, -0.15) is 0 Å². The standard InChI is InChI=1S/C11H17N3OS/c1-3-9-8(2)12-10(16-9)13-11(15)14-6-4-5-7-14/h3-7H2,1-2H3,(H,12,13,15). The van der Waals surface area contributed by atoms with E-state index >= 15 is 0 Å². The predicted octanol–water partition coefficient (Wildman–Crippen LogP) is 2.64. The number of likely N-dealkylation sites (tertiary alicyclic amines) is 1. The Morgan fingerprint density at radius 3 is 2.75 bits per heavy atom. The molecule has 4 nitrogen and oxygen atoms in total. The van der Waals surface area contributed by atoms with E-state index < -0.39 is 0 Å². The second-order valence-corrected chi connectivity index (χ2v) is 5.09. The molecule has 0 aromatic carbocycles. The van der Waals surface area contributed by atoms with Gasteiger partial charge in [-0.15, -0.1) is 11.3 Å². The van der Waals surface area contributed by atoms with E-state index in [1.54, 1.807) is 11.3 Å². The Labute approximate surface area is 99.7 Å². The van der Waals surface area contributed by atoms with Gasteiger partial charge in [0.15, 0.2) is 5.13 Å². The molecule has 0 spiro atoms. The number of nitrogens with zero attached hydrogens (tertiary/aromatic N) is 2. The molecular formula is C11H17N3OS. The average molecular weight is 239 g/mol. The molecule has 5 heteroatoms. The van der Waals surface area contributed by atoms with Gasteiger partial charge >= 0.3 is 6.03 Å². The van der Waals surface area contributed by atoms with Crippen LogP contribution in [0.4, 0.5) is 9.93 Å². The first-order valence-corrected chi connectivity index (χ1v) is 6.54. The van der Waals surface area contributed by atoms with Gasteiger partial charge in [-0.3, -0.25) is 5.32 Å². The fourth-order valence-electron chi connectivity index (χ4n) is 1.90. The average Bonchev–Trinajstić information content (AvgIpc) is 2.87. The molecule has 1 fully saturated rings. The molecule has 16 heavy (non-hydrogen) atoms. The highest BCUT2D eigenvalue weighted by Gasteiger charge is 2.19. The van der Waals surface area contributed by atoms with Gasteiger partial charge in [0.2, 0.25) is 0 Å². The Morgan fingerprint density at radius 2 is 2.19 bits per heavy atom. The van der Waals surface area contributed by atoms with Gasteiger partial charge < -0.3 is 4.90 Å². The van der Waals surface area contributed by atoms with E-state index in [9.17, 15) is 4.79 Å². The van der Waals surface area contributed by atoms with Crippen molar-refractivity contribution in [2.45, 2.75) is 33.1 Å². The summed E-state index contributed by atoms with van der Waals surface area (Å²) < 4.78 is 0. The lowest BCUT2D eigenvalue weighted by atomic mass is 10.3. The number of amides is 2. The van der Waals surface area contributed by atoms with Crippen molar-refractivity contribution in [2.75, 3.05) is 18.4 Å². The van der Waals surface area contributed by atoms with E-state index in [-0.39, 0.29) is 6.03 Å². The van der Waals surface area contributed by atoms with Gasteiger partial charge in [0.25, 0.3) is 0 Å². The van der Waals surface area contributed by atoms with Gasteiger partial charge in [0, 0.05) is 18.0 Å². The number of carbonyl (C=O) groups is 1. The number of rotatable bonds is 2. The summed E-state index contributed by atoms with van der Waals surface area (Å²) in [4.78, 5) is 19.3. The fourth-order valence-corrected chi connectivity index (χ4v) is 2.79. The van der Waals surface area contributed by atoms with Crippen molar-refractivity contribution in [3.05, 3.63) is 10.6 Å². The molecule has 1 N–H and O–H groups in total. The first kappa shape index (κ1) is 11.4. The zero-order valence-corrected chi connectivity index (χ0v) is 10.6. The summed E-state index contributed by atoms with van der Waals surface area (Å²) in [5, 5.41) is 3.60. The van der Waals surface area contributed by atoms with Crippen LogP contribution in [0.1, 0.15) is 30.3 Å². The molecule has 2 rings (SSSR count). The number of hydrogen-bond donors (Lipinski definition) is 1. The first-order valence-electron chi connectivity index (χ1n) is 5.73. The summed E-state index contributed by atoms with van der Waals surface area (Å²) in [6.45, 7) is 5.83. The van der Waals surface area contributed by atoms with Crippen LogP contribution < -0.4 is 5.32 Å². The van der Waals surface area contributed by atoms with Crippen molar-refractivity contribution in [1.82, 2.24) is 9.88 Å². The maximum Gasteiger partial charge on any atom is 0.323 e. The molecule has 1 aromatic rings. The summed E-state index contributed by atoms with van der Waals surface area (Å²) in [6.07, 6.45) is 3.21. The van der Waals surface area contributed by atoms with Gasteiger partial charge in [0.05, 0.1) is 5.69 Å². The molecule has 0 aliphatic carbocycles. The Kier molecular flexibility index (Phi) is 3.43. The van der Waals surface area contributed by atoms with Crippen LogP contribution in [0.15, 0.2) is 0 Å². The van der Waals surface area contributed by atoms with Gasteiger partial charge in [-0.25, -0.2) is 9.78 Å². The molecule has 1 aliphatic heterocycles. The minimum atomic E-state index is -0.00565. The van der Waals surface area contributed by atoms with Crippen molar-refractivity contribution in [3.8, 4) is 0 Å². The SMILES string of the molecule is CCc1sc(NC(=O)N2CCCC2)nc1C. The third-order valence-corrected chi connectivity index (χ3v) is 4.04. The number of aryl methyl sites for hydroxylation is 2.